The third-order valence-electron chi connectivity index (χ3n) is 3.03. The Morgan fingerprint density at radius 3 is 2.53 bits per heavy atom. The number of nitrogens with zero attached hydrogens (tertiary/aromatic N) is 2. The van der Waals surface area contributed by atoms with Gasteiger partial charge in [0.05, 0.1) is 0 Å². The van der Waals surface area contributed by atoms with E-state index in [1.807, 2.05) is 25.2 Å². The van der Waals surface area contributed by atoms with Crippen LogP contribution in [0.5, 0.6) is 0 Å². The molecule has 19 heavy (non-hydrogen) atoms. The molecule has 1 aromatic heterocycles. The van der Waals surface area contributed by atoms with Crippen molar-refractivity contribution in [3.8, 4) is 0 Å². The van der Waals surface area contributed by atoms with Crippen LogP contribution in [0.3, 0.4) is 0 Å². The first-order valence-corrected chi connectivity index (χ1v) is 6.72. The number of likely N-dealkylation sites (N-methyl/N-ethyl adjacent to an activating group) is 1. The zero-order valence-corrected chi connectivity index (χ0v) is 11.8. The van der Waals surface area contributed by atoms with Crippen LogP contribution in [0.4, 0.5) is 0 Å². The van der Waals surface area contributed by atoms with Gasteiger partial charge in [0.15, 0.2) is 5.82 Å². The van der Waals surface area contributed by atoms with E-state index in [1.54, 1.807) is 0 Å². The molecule has 0 spiro atoms. The van der Waals surface area contributed by atoms with Crippen molar-refractivity contribution in [2.75, 3.05) is 7.05 Å². The van der Waals surface area contributed by atoms with Gasteiger partial charge in [0, 0.05) is 18.9 Å². The van der Waals surface area contributed by atoms with Gasteiger partial charge in [-0.3, -0.25) is 0 Å². The lowest BCUT2D eigenvalue weighted by Gasteiger charge is -2.13. The molecular weight excluding hydrogens is 238 g/mol. The van der Waals surface area contributed by atoms with Crippen LogP contribution in [0.15, 0.2) is 34.9 Å². The first-order valence-electron chi connectivity index (χ1n) is 6.72. The number of aromatic nitrogens is 2. The molecule has 2 rings (SSSR count). The van der Waals surface area contributed by atoms with E-state index in [2.05, 4.69) is 41.4 Å². The van der Waals surface area contributed by atoms with Crippen molar-refractivity contribution in [2.24, 2.45) is 5.92 Å². The number of benzene rings is 1. The van der Waals surface area contributed by atoms with Crippen LogP contribution in [0.25, 0.3) is 0 Å². The summed E-state index contributed by atoms with van der Waals surface area (Å²) in [6, 6.07) is 10.5. The van der Waals surface area contributed by atoms with Gasteiger partial charge in [-0.15, -0.1) is 0 Å². The second-order valence-corrected chi connectivity index (χ2v) is 5.16. The van der Waals surface area contributed by atoms with Gasteiger partial charge in [0.1, 0.15) is 0 Å². The Kier molecular flexibility index (Phi) is 4.68. The van der Waals surface area contributed by atoms with Gasteiger partial charge in [-0.25, -0.2) is 0 Å². The summed E-state index contributed by atoms with van der Waals surface area (Å²) in [5, 5.41) is 7.31. The zero-order chi connectivity index (χ0) is 13.7. The summed E-state index contributed by atoms with van der Waals surface area (Å²) in [4.78, 5) is 4.45. The molecule has 1 unspecified atom stereocenters. The van der Waals surface area contributed by atoms with Gasteiger partial charge in [0.2, 0.25) is 5.89 Å². The molecule has 4 heteroatoms. The maximum absolute atomic E-state index is 5.32. The van der Waals surface area contributed by atoms with Crippen LogP contribution in [0.2, 0.25) is 0 Å². The van der Waals surface area contributed by atoms with Crippen molar-refractivity contribution in [1.29, 1.82) is 0 Å². The fraction of sp³-hybridized carbons (Fsp3) is 0.467. The Morgan fingerprint density at radius 2 is 1.89 bits per heavy atom. The number of rotatable bonds is 6. The molecule has 0 fully saturated rings. The van der Waals surface area contributed by atoms with Gasteiger partial charge in [0.25, 0.3) is 0 Å². The van der Waals surface area contributed by atoms with E-state index in [-0.39, 0.29) is 6.04 Å². The van der Waals surface area contributed by atoms with Gasteiger partial charge in [-0.1, -0.05) is 49.3 Å². The standard InChI is InChI=1S/C15H21N3O/c1-11(2)9-14-17-15(19-18-14)10-13(16-3)12-7-5-4-6-8-12/h4-8,11,13,16H,9-10H2,1-3H3. The lowest BCUT2D eigenvalue weighted by atomic mass is 10.0. The molecule has 0 aliphatic carbocycles. The maximum Gasteiger partial charge on any atom is 0.228 e. The van der Waals surface area contributed by atoms with Gasteiger partial charge < -0.3 is 9.84 Å². The molecule has 1 atom stereocenters. The Bertz CT molecular complexity index is 493. The van der Waals surface area contributed by atoms with Crippen molar-refractivity contribution in [2.45, 2.75) is 32.7 Å². The van der Waals surface area contributed by atoms with E-state index in [1.165, 1.54) is 5.56 Å². The van der Waals surface area contributed by atoms with Crippen molar-refractivity contribution < 1.29 is 4.52 Å². The van der Waals surface area contributed by atoms with Crippen LogP contribution in [0, 0.1) is 5.92 Å². The highest BCUT2D eigenvalue weighted by Crippen LogP contribution is 2.17. The van der Waals surface area contributed by atoms with Gasteiger partial charge >= 0.3 is 0 Å². The minimum atomic E-state index is 0.202. The SMILES string of the molecule is CNC(Cc1nc(CC(C)C)no1)c1ccccc1. The van der Waals surface area contributed by atoms with Crippen molar-refractivity contribution in [1.82, 2.24) is 15.5 Å². The van der Waals surface area contributed by atoms with E-state index >= 15 is 0 Å². The molecule has 0 aliphatic heterocycles. The van der Waals surface area contributed by atoms with Crippen molar-refractivity contribution in [3.63, 3.8) is 0 Å². The molecular formula is C15H21N3O. The quantitative estimate of drug-likeness (QED) is 0.866. The zero-order valence-electron chi connectivity index (χ0n) is 11.8. The average Bonchev–Trinajstić information content (AvgIpc) is 2.83. The highest BCUT2D eigenvalue weighted by molar-refractivity contribution is 5.19. The first-order chi connectivity index (χ1) is 9.19. The normalized spacial score (nSPS) is 12.8. The highest BCUT2D eigenvalue weighted by Gasteiger charge is 2.15. The monoisotopic (exact) mass is 259 g/mol. The van der Waals surface area contributed by atoms with Crippen LogP contribution < -0.4 is 5.32 Å². The fourth-order valence-corrected chi connectivity index (χ4v) is 2.07. The Labute approximate surface area is 114 Å². The van der Waals surface area contributed by atoms with Crippen LogP contribution in [0.1, 0.15) is 37.2 Å². The molecule has 0 aliphatic rings. The summed E-state index contributed by atoms with van der Waals surface area (Å²) < 4.78 is 5.32. The summed E-state index contributed by atoms with van der Waals surface area (Å²) in [5.74, 6) is 2.03. The first kappa shape index (κ1) is 13.7. The maximum atomic E-state index is 5.32. The summed E-state index contributed by atoms with van der Waals surface area (Å²) >= 11 is 0. The van der Waals surface area contributed by atoms with Crippen LogP contribution in [-0.2, 0) is 12.8 Å². The topological polar surface area (TPSA) is 51.0 Å². The summed E-state index contributed by atoms with van der Waals surface area (Å²) in [5.41, 5.74) is 1.23. The number of hydrogen-bond acceptors (Lipinski definition) is 4. The summed E-state index contributed by atoms with van der Waals surface area (Å²) in [6.07, 6.45) is 1.57. The molecule has 2 aromatic rings. The van der Waals surface area contributed by atoms with Crippen molar-refractivity contribution >= 4 is 0 Å². The molecule has 102 valence electrons. The highest BCUT2D eigenvalue weighted by atomic mass is 16.5. The molecule has 0 amide bonds. The Hall–Kier alpha value is -1.68. The molecule has 0 radical (unpaired) electrons. The summed E-state index contributed by atoms with van der Waals surface area (Å²) in [7, 11) is 1.95. The summed E-state index contributed by atoms with van der Waals surface area (Å²) in [6.45, 7) is 4.30. The predicted molar refractivity (Wildman–Crippen MR) is 74.8 cm³/mol. The molecule has 0 saturated heterocycles. The second-order valence-electron chi connectivity index (χ2n) is 5.16. The molecule has 1 N–H and O–H groups in total. The predicted octanol–water partition coefficient (Wildman–Crippen LogP) is 2.77. The lowest BCUT2D eigenvalue weighted by molar-refractivity contribution is 0.356. The lowest BCUT2D eigenvalue weighted by Crippen LogP contribution is -2.18. The van der Waals surface area contributed by atoms with Crippen LogP contribution >= 0.6 is 0 Å². The Morgan fingerprint density at radius 1 is 1.16 bits per heavy atom. The van der Waals surface area contributed by atoms with Gasteiger partial charge in [-0.05, 0) is 18.5 Å². The van der Waals surface area contributed by atoms with Crippen LogP contribution in [-0.4, -0.2) is 17.2 Å². The largest absolute Gasteiger partial charge is 0.339 e. The molecule has 0 bridgehead atoms. The Balaban J connectivity index is 2.04. The van der Waals surface area contributed by atoms with E-state index in [0.29, 0.717) is 18.2 Å². The van der Waals surface area contributed by atoms with E-state index in [4.69, 9.17) is 4.52 Å². The van der Waals surface area contributed by atoms with E-state index in [0.717, 1.165) is 12.2 Å². The number of nitrogens with one attached hydrogen (secondary N) is 1. The third kappa shape index (κ3) is 3.89. The van der Waals surface area contributed by atoms with E-state index < -0.39 is 0 Å². The van der Waals surface area contributed by atoms with Crippen molar-refractivity contribution in [3.05, 3.63) is 47.6 Å². The minimum Gasteiger partial charge on any atom is -0.339 e. The molecule has 1 heterocycles. The minimum absolute atomic E-state index is 0.202. The molecule has 4 nitrogen and oxygen atoms in total. The average molecular weight is 259 g/mol. The second kappa shape index (κ2) is 6.48. The van der Waals surface area contributed by atoms with E-state index in [9.17, 15) is 0 Å². The smallest absolute Gasteiger partial charge is 0.228 e. The third-order valence-corrected chi connectivity index (χ3v) is 3.03. The molecule has 1 aromatic carbocycles. The fourth-order valence-electron chi connectivity index (χ4n) is 2.07. The molecule has 0 saturated carbocycles. The number of hydrogen-bond donors (Lipinski definition) is 1. The van der Waals surface area contributed by atoms with Gasteiger partial charge in [-0.2, -0.15) is 4.98 Å².